The third-order valence-corrected chi connectivity index (χ3v) is 6.83. The Morgan fingerprint density at radius 2 is 1.81 bits per heavy atom. The number of pyridine rings is 1. The van der Waals surface area contributed by atoms with E-state index in [-0.39, 0.29) is 10.9 Å². The summed E-state index contributed by atoms with van der Waals surface area (Å²) in [5, 5.41) is 4.06. The predicted octanol–water partition coefficient (Wildman–Crippen LogP) is 4.47. The summed E-state index contributed by atoms with van der Waals surface area (Å²) in [7, 11) is -3.44. The molecular formula is C19H24ClN3O2S. The van der Waals surface area contributed by atoms with Crippen LogP contribution in [0.1, 0.15) is 44.2 Å². The van der Waals surface area contributed by atoms with Crippen LogP contribution in [0, 0.1) is 0 Å². The van der Waals surface area contributed by atoms with Gasteiger partial charge < -0.3 is 5.32 Å². The molecule has 140 valence electrons. The first-order valence-corrected chi connectivity index (χ1v) is 10.8. The Bertz CT molecular complexity index is 817. The summed E-state index contributed by atoms with van der Waals surface area (Å²) in [6.45, 7) is 3.27. The van der Waals surface area contributed by atoms with E-state index in [1.807, 2.05) is 24.3 Å². The van der Waals surface area contributed by atoms with Gasteiger partial charge >= 0.3 is 0 Å². The molecule has 0 spiro atoms. The average Bonchev–Trinajstić information content (AvgIpc) is 2.68. The standard InChI is InChI=1S/C19H24ClN3O2S/c1-2-18(15-6-8-16(20)9-7-15)22-19-11-10-17(14-21-19)26(24,25)23-12-4-3-5-13-23/h6-11,14,18H,2-5,12-13H2,1H3,(H,21,22). The molecule has 1 atom stereocenters. The molecule has 0 saturated carbocycles. The molecule has 5 nitrogen and oxygen atoms in total. The molecule has 0 radical (unpaired) electrons. The quantitative estimate of drug-likeness (QED) is 0.786. The van der Waals surface area contributed by atoms with Crippen molar-refractivity contribution in [2.24, 2.45) is 0 Å². The number of hydrogen-bond donors (Lipinski definition) is 1. The fourth-order valence-electron chi connectivity index (χ4n) is 3.17. The minimum Gasteiger partial charge on any atom is -0.363 e. The number of hydrogen-bond acceptors (Lipinski definition) is 4. The van der Waals surface area contributed by atoms with Gasteiger partial charge in [-0.3, -0.25) is 0 Å². The van der Waals surface area contributed by atoms with Crippen LogP contribution < -0.4 is 5.32 Å². The van der Waals surface area contributed by atoms with E-state index in [0.29, 0.717) is 23.9 Å². The predicted molar refractivity (Wildman–Crippen MR) is 105 cm³/mol. The summed E-state index contributed by atoms with van der Waals surface area (Å²) in [6, 6.07) is 11.1. The van der Waals surface area contributed by atoms with Crippen molar-refractivity contribution in [1.29, 1.82) is 0 Å². The number of sulfonamides is 1. The largest absolute Gasteiger partial charge is 0.363 e. The van der Waals surface area contributed by atoms with Crippen LogP contribution in [0.15, 0.2) is 47.5 Å². The molecule has 1 saturated heterocycles. The molecule has 26 heavy (non-hydrogen) atoms. The van der Waals surface area contributed by atoms with Crippen molar-refractivity contribution < 1.29 is 8.42 Å². The number of rotatable bonds is 6. The number of nitrogens with one attached hydrogen (secondary N) is 1. The number of nitrogens with zero attached hydrogens (tertiary/aromatic N) is 2. The van der Waals surface area contributed by atoms with Gasteiger partial charge in [-0.15, -0.1) is 0 Å². The molecule has 1 aliphatic heterocycles. The van der Waals surface area contributed by atoms with Crippen molar-refractivity contribution in [3.05, 3.63) is 53.2 Å². The van der Waals surface area contributed by atoms with Crippen LogP contribution in [-0.2, 0) is 10.0 Å². The molecule has 2 aromatic rings. The van der Waals surface area contributed by atoms with Crippen molar-refractivity contribution in [2.75, 3.05) is 18.4 Å². The van der Waals surface area contributed by atoms with Crippen molar-refractivity contribution in [3.63, 3.8) is 0 Å². The highest BCUT2D eigenvalue weighted by atomic mass is 35.5. The topological polar surface area (TPSA) is 62.3 Å². The van der Waals surface area contributed by atoms with Gasteiger partial charge in [0.05, 0.1) is 6.04 Å². The zero-order chi connectivity index (χ0) is 18.6. The zero-order valence-corrected chi connectivity index (χ0v) is 16.4. The fourth-order valence-corrected chi connectivity index (χ4v) is 4.76. The summed E-state index contributed by atoms with van der Waals surface area (Å²) in [4.78, 5) is 4.58. The fraction of sp³-hybridized carbons (Fsp3) is 0.421. The second-order valence-electron chi connectivity index (χ2n) is 6.50. The third kappa shape index (κ3) is 4.37. The molecule has 0 amide bonds. The summed E-state index contributed by atoms with van der Waals surface area (Å²) in [5.41, 5.74) is 1.11. The summed E-state index contributed by atoms with van der Waals surface area (Å²) < 4.78 is 26.9. The lowest BCUT2D eigenvalue weighted by molar-refractivity contribution is 0.346. The van der Waals surface area contributed by atoms with E-state index in [2.05, 4.69) is 17.2 Å². The van der Waals surface area contributed by atoms with Crippen LogP contribution in [0.25, 0.3) is 0 Å². The van der Waals surface area contributed by atoms with Gasteiger partial charge in [0.1, 0.15) is 10.7 Å². The number of benzene rings is 1. The van der Waals surface area contributed by atoms with Crippen LogP contribution in [0.5, 0.6) is 0 Å². The highest BCUT2D eigenvalue weighted by molar-refractivity contribution is 7.89. The Labute approximate surface area is 160 Å². The SMILES string of the molecule is CCC(Nc1ccc(S(=O)(=O)N2CCCCC2)cn1)c1ccc(Cl)cc1. The molecule has 3 rings (SSSR count). The van der Waals surface area contributed by atoms with E-state index in [1.54, 1.807) is 16.4 Å². The highest BCUT2D eigenvalue weighted by Gasteiger charge is 2.26. The Kier molecular flexibility index (Phi) is 6.16. The van der Waals surface area contributed by atoms with E-state index in [9.17, 15) is 8.42 Å². The van der Waals surface area contributed by atoms with Crippen LogP contribution in [0.2, 0.25) is 5.02 Å². The molecule has 0 aliphatic carbocycles. The van der Waals surface area contributed by atoms with Gasteiger partial charge in [-0.05, 0) is 49.1 Å². The molecule has 1 aromatic carbocycles. The van der Waals surface area contributed by atoms with Crippen molar-refractivity contribution in [1.82, 2.24) is 9.29 Å². The molecule has 1 N–H and O–H groups in total. The van der Waals surface area contributed by atoms with Gasteiger partial charge in [0.25, 0.3) is 0 Å². The first kappa shape index (κ1) is 19.1. The zero-order valence-electron chi connectivity index (χ0n) is 14.9. The number of aromatic nitrogens is 1. The molecule has 7 heteroatoms. The van der Waals surface area contributed by atoms with Crippen molar-refractivity contribution in [3.8, 4) is 0 Å². The van der Waals surface area contributed by atoms with Gasteiger partial charge in [-0.2, -0.15) is 4.31 Å². The average molecular weight is 394 g/mol. The molecular weight excluding hydrogens is 370 g/mol. The van der Waals surface area contributed by atoms with Crippen molar-refractivity contribution >= 4 is 27.4 Å². The van der Waals surface area contributed by atoms with Crippen LogP contribution in [-0.4, -0.2) is 30.8 Å². The monoisotopic (exact) mass is 393 g/mol. The van der Waals surface area contributed by atoms with Gasteiger partial charge in [0, 0.05) is 24.3 Å². The Balaban J connectivity index is 1.73. The van der Waals surface area contributed by atoms with Crippen LogP contribution >= 0.6 is 11.6 Å². The van der Waals surface area contributed by atoms with Gasteiger partial charge in [-0.1, -0.05) is 37.1 Å². The lowest BCUT2D eigenvalue weighted by atomic mass is 10.0. The summed E-state index contributed by atoms with van der Waals surface area (Å²) in [6.07, 6.45) is 5.26. The number of piperidine rings is 1. The lowest BCUT2D eigenvalue weighted by Crippen LogP contribution is -2.35. The highest BCUT2D eigenvalue weighted by Crippen LogP contribution is 2.25. The Morgan fingerprint density at radius 3 is 2.38 bits per heavy atom. The van der Waals surface area contributed by atoms with Crippen LogP contribution in [0.3, 0.4) is 0 Å². The van der Waals surface area contributed by atoms with E-state index >= 15 is 0 Å². The van der Waals surface area contributed by atoms with Crippen molar-refractivity contribution in [2.45, 2.75) is 43.5 Å². The summed E-state index contributed by atoms with van der Waals surface area (Å²) in [5.74, 6) is 0.657. The number of halogens is 1. The molecule has 1 aromatic heterocycles. The van der Waals surface area contributed by atoms with E-state index in [1.165, 1.54) is 6.20 Å². The van der Waals surface area contributed by atoms with Gasteiger partial charge in [0.2, 0.25) is 10.0 Å². The number of anilines is 1. The van der Waals surface area contributed by atoms with E-state index < -0.39 is 10.0 Å². The molecule has 0 bridgehead atoms. The molecule has 1 aliphatic rings. The maximum Gasteiger partial charge on any atom is 0.244 e. The normalized spacial score (nSPS) is 17.0. The Morgan fingerprint density at radius 1 is 1.12 bits per heavy atom. The second kappa shape index (κ2) is 8.37. The van der Waals surface area contributed by atoms with Crippen LogP contribution in [0.4, 0.5) is 5.82 Å². The maximum absolute atomic E-state index is 12.7. The van der Waals surface area contributed by atoms with E-state index in [0.717, 1.165) is 31.2 Å². The maximum atomic E-state index is 12.7. The lowest BCUT2D eigenvalue weighted by Gasteiger charge is -2.25. The van der Waals surface area contributed by atoms with E-state index in [4.69, 9.17) is 11.6 Å². The van der Waals surface area contributed by atoms with Gasteiger partial charge in [-0.25, -0.2) is 13.4 Å². The minimum absolute atomic E-state index is 0.0873. The first-order valence-electron chi connectivity index (χ1n) is 8.99. The third-order valence-electron chi connectivity index (χ3n) is 4.69. The molecule has 2 heterocycles. The second-order valence-corrected chi connectivity index (χ2v) is 8.87. The molecule has 1 fully saturated rings. The van der Waals surface area contributed by atoms with Gasteiger partial charge in [0.15, 0.2) is 0 Å². The first-order chi connectivity index (χ1) is 12.5. The smallest absolute Gasteiger partial charge is 0.244 e. The summed E-state index contributed by atoms with van der Waals surface area (Å²) >= 11 is 5.95. The Hall–Kier alpha value is -1.63. The minimum atomic E-state index is -3.44. The molecule has 1 unspecified atom stereocenters.